The smallest absolute Gasteiger partial charge is 0.234 e. The van der Waals surface area contributed by atoms with E-state index >= 15 is 0 Å². The second kappa shape index (κ2) is 9.42. The van der Waals surface area contributed by atoms with Crippen molar-refractivity contribution < 1.29 is 4.79 Å². The number of rotatable bonds is 9. The van der Waals surface area contributed by atoms with E-state index in [9.17, 15) is 4.79 Å². The summed E-state index contributed by atoms with van der Waals surface area (Å²) in [5.41, 5.74) is 0. The van der Waals surface area contributed by atoms with Crippen LogP contribution in [0.5, 0.6) is 0 Å². The average molecular weight is 243 g/mol. The van der Waals surface area contributed by atoms with Gasteiger partial charge < -0.3 is 10.6 Å². The molecular weight excluding hydrogens is 214 g/mol. The van der Waals surface area contributed by atoms with Gasteiger partial charge in [-0.25, -0.2) is 0 Å². The Hall–Kier alpha value is -0.610. The lowest BCUT2D eigenvalue weighted by Crippen LogP contribution is -2.46. The highest BCUT2D eigenvalue weighted by Gasteiger charge is 2.17. The van der Waals surface area contributed by atoms with E-state index in [4.69, 9.17) is 0 Å². The largest absolute Gasteiger partial charge is 0.353 e. The summed E-state index contributed by atoms with van der Waals surface area (Å²) in [6, 6.07) is 0.450. The molecule has 2 N–H and O–H groups in total. The van der Waals surface area contributed by atoms with Gasteiger partial charge in [0.25, 0.3) is 0 Å². The molecule has 0 aliphatic heterocycles. The molecule has 0 spiro atoms. The van der Waals surface area contributed by atoms with Crippen LogP contribution in [0.2, 0.25) is 0 Å². The molecule has 0 aliphatic carbocycles. The molecule has 0 rings (SSSR count). The topological polar surface area (TPSA) is 44.4 Å². The number of nitrogens with zero attached hydrogens (tertiary/aromatic N) is 1. The predicted octanol–water partition coefficient (Wildman–Crippen LogP) is 1.08. The highest BCUT2D eigenvalue weighted by atomic mass is 16.1. The van der Waals surface area contributed by atoms with E-state index in [0.717, 1.165) is 26.1 Å². The number of hydrogen-bond acceptors (Lipinski definition) is 3. The number of amides is 1. The molecule has 0 aromatic rings. The molecule has 0 radical (unpaired) electrons. The number of hydrogen-bond donors (Lipinski definition) is 2. The van der Waals surface area contributed by atoms with Crippen LogP contribution in [0.1, 0.15) is 34.1 Å². The summed E-state index contributed by atoms with van der Waals surface area (Å²) >= 11 is 0. The maximum absolute atomic E-state index is 11.4. The number of likely N-dealkylation sites (N-methyl/N-ethyl adjacent to an activating group) is 2. The second-order valence-corrected chi connectivity index (χ2v) is 4.84. The van der Waals surface area contributed by atoms with E-state index in [1.807, 2.05) is 0 Å². The fraction of sp³-hybridized carbons (Fsp3) is 0.923. The van der Waals surface area contributed by atoms with Crippen molar-refractivity contribution in [3.8, 4) is 0 Å². The summed E-state index contributed by atoms with van der Waals surface area (Å²) in [5, 5.41) is 5.86. The fourth-order valence-corrected chi connectivity index (χ4v) is 2.10. The number of carbonyl (C=O) groups excluding carboxylic acids is 1. The van der Waals surface area contributed by atoms with Crippen molar-refractivity contribution in [1.82, 2.24) is 15.5 Å². The van der Waals surface area contributed by atoms with Crippen LogP contribution in [0, 0.1) is 5.92 Å². The minimum absolute atomic E-state index is 0.0772. The molecule has 0 bridgehead atoms. The molecule has 0 saturated heterocycles. The van der Waals surface area contributed by atoms with Gasteiger partial charge in [-0.05, 0) is 32.5 Å². The lowest BCUT2D eigenvalue weighted by atomic mass is 10.0. The van der Waals surface area contributed by atoms with Crippen molar-refractivity contribution in [2.75, 3.05) is 33.2 Å². The van der Waals surface area contributed by atoms with Gasteiger partial charge in [-0.1, -0.05) is 27.7 Å². The molecule has 0 aliphatic rings. The van der Waals surface area contributed by atoms with E-state index < -0.39 is 0 Å². The van der Waals surface area contributed by atoms with Crippen molar-refractivity contribution in [3.05, 3.63) is 0 Å². The Morgan fingerprint density at radius 1 is 1.24 bits per heavy atom. The van der Waals surface area contributed by atoms with Crippen LogP contribution >= 0.6 is 0 Å². The molecule has 1 atom stereocenters. The zero-order chi connectivity index (χ0) is 13.3. The van der Waals surface area contributed by atoms with Gasteiger partial charge in [0.15, 0.2) is 0 Å². The molecule has 0 aromatic carbocycles. The van der Waals surface area contributed by atoms with Gasteiger partial charge in [0, 0.05) is 12.6 Å². The van der Waals surface area contributed by atoms with Crippen molar-refractivity contribution >= 4 is 5.91 Å². The Kier molecular flexibility index (Phi) is 9.09. The van der Waals surface area contributed by atoms with Crippen LogP contribution in [0.3, 0.4) is 0 Å². The summed E-state index contributed by atoms with van der Waals surface area (Å²) in [6.07, 6.45) is 1.13. The third kappa shape index (κ3) is 7.34. The predicted molar refractivity (Wildman–Crippen MR) is 73.1 cm³/mol. The molecule has 0 fully saturated rings. The van der Waals surface area contributed by atoms with Crippen molar-refractivity contribution in [2.45, 2.75) is 40.2 Å². The van der Waals surface area contributed by atoms with Crippen LogP contribution in [0.4, 0.5) is 0 Å². The fourth-order valence-electron chi connectivity index (χ4n) is 2.10. The van der Waals surface area contributed by atoms with Gasteiger partial charge in [0.2, 0.25) is 5.91 Å². The quantitative estimate of drug-likeness (QED) is 0.637. The molecule has 0 saturated carbocycles. The summed E-state index contributed by atoms with van der Waals surface area (Å²) in [6.45, 7) is 12.0. The lowest BCUT2D eigenvalue weighted by Gasteiger charge is -2.31. The Labute approximate surface area is 106 Å². The van der Waals surface area contributed by atoms with Crippen LogP contribution in [0.25, 0.3) is 0 Å². The standard InChI is InChI=1S/C13H29N3O/c1-6-16(7-2)12(8-11(3)4)9-15-13(17)10-14-5/h11-12,14H,6-10H2,1-5H3,(H,15,17). The highest BCUT2D eigenvalue weighted by molar-refractivity contribution is 5.77. The van der Waals surface area contributed by atoms with Gasteiger partial charge in [-0.2, -0.15) is 0 Å². The van der Waals surface area contributed by atoms with Gasteiger partial charge in [0.1, 0.15) is 0 Å². The van der Waals surface area contributed by atoms with Gasteiger partial charge >= 0.3 is 0 Å². The molecule has 4 heteroatoms. The van der Waals surface area contributed by atoms with Gasteiger partial charge in [0.05, 0.1) is 6.54 Å². The molecule has 4 nitrogen and oxygen atoms in total. The first-order chi connectivity index (χ1) is 8.04. The first-order valence-electron chi connectivity index (χ1n) is 6.70. The number of carbonyl (C=O) groups is 1. The Balaban J connectivity index is 4.22. The van der Waals surface area contributed by atoms with Crippen molar-refractivity contribution in [1.29, 1.82) is 0 Å². The molecule has 1 amide bonds. The average Bonchev–Trinajstić information content (AvgIpc) is 2.27. The third-order valence-electron chi connectivity index (χ3n) is 2.94. The summed E-state index contributed by atoms with van der Waals surface area (Å²) in [4.78, 5) is 13.9. The van der Waals surface area contributed by atoms with Crippen molar-refractivity contribution in [2.24, 2.45) is 5.92 Å². The normalized spacial score (nSPS) is 13.1. The minimum atomic E-state index is 0.0772. The SMILES string of the molecule is CCN(CC)C(CNC(=O)CNC)CC(C)C. The zero-order valence-corrected chi connectivity index (χ0v) is 12.0. The van der Waals surface area contributed by atoms with E-state index in [2.05, 4.69) is 43.2 Å². The van der Waals surface area contributed by atoms with Crippen LogP contribution in [-0.2, 0) is 4.79 Å². The Bertz CT molecular complexity index is 203. The first kappa shape index (κ1) is 16.4. The van der Waals surface area contributed by atoms with Crippen LogP contribution < -0.4 is 10.6 Å². The summed E-state index contributed by atoms with van der Waals surface area (Å²) in [5.74, 6) is 0.732. The monoisotopic (exact) mass is 243 g/mol. The molecule has 0 aromatic heterocycles. The van der Waals surface area contributed by atoms with E-state index in [-0.39, 0.29) is 5.91 Å². The highest BCUT2D eigenvalue weighted by Crippen LogP contribution is 2.10. The molecular formula is C13H29N3O. The maximum Gasteiger partial charge on any atom is 0.234 e. The van der Waals surface area contributed by atoms with E-state index in [1.54, 1.807) is 7.05 Å². The van der Waals surface area contributed by atoms with Gasteiger partial charge in [-0.3, -0.25) is 9.69 Å². The maximum atomic E-state index is 11.4. The van der Waals surface area contributed by atoms with E-state index in [1.165, 1.54) is 0 Å². The molecule has 17 heavy (non-hydrogen) atoms. The third-order valence-corrected chi connectivity index (χ3v) is 2.94. The number of nitrogens with one attached hydrogen (secondary N) is 2. The summed E-state index contributed by atoms with van der Waals surface area (Å²) < 4.78 is 0. The molecule has 102 valence electrons. The first-order valence-corrected chi connectivity index (χ1v) is 6.70. The van der Waals surface area contributed by atoms with Crippen molar-refractivity contribution in [3.63, 3.8) is 0 Å². The molecule has 0 heterocycles. The zero-order valence-electron chi connectivity index (χ0n) is 12.0. The lowest BCUT2D eigenvalue weighted by molar-refractivity contribution is -0.120. The minimum Gasteiger partial charge on any atom is -0.353 e. The van der Waals surface area contributed by atoms with Gasteiger partial charge in [-0.15, -0.1) is 0 Å². The van der Waals surface area contributed by atoms with Crippen LogP contribution in [0.15, 0.2) is 0 Å². The Morgan fingerprint density at radius 2 is 1.82 bits per heavy atom. The Morgan fingerprint density at radius 3 is 2.24 bits per heavy atom. The molecule has 1 unspecified atom stereocenters. The second-order valence-electron chi connectivity index (χ2n) is 4.84. The summed E-state index contributed by atoms with van der Waals surface area (Å²) in [7, 11) is 1.79. The van der Waals surface area contributed by atoms with E-state index in [0.29, 0.717) is 18.5 Å². The van der Waals surface area contributed by atoms with Crippen LogP contribution in [-0.4, -0.2) is 50.1 Å².